The fourth-order valence-electron chi connectivity index (χ4n) is 2.65. The van der Waals surface area contributed by atoms with Gasteiger partial charge in [-0.25, -0.2) is 4.79 Å². The summed E-state index contributed by atoms with van der Waals surface area (Å²) in [6, 6.07) is 10.1. The molecular weight excluding hydrogens is 388 g/mol. The van der Waals surface area contributed by atoms with Crippen LogP contribution in [-0.4, -0.2) is 38.9 Å². The molecule has 0 aliphatic rings. The number of carbonyl (C=O) groups is 2. The predicted octanol–water partition coefficient (Wildman–Crippen LogP) is 3.99. The van der Waals surface area contributed by atoms with Crippen molar-refractivity contribution in [3.05, 3.63) is 47.5 Å². The van der Waals surface area contributed by atoms with Crippen molar-refractivity contribution in [1.82, 2.24) is 5.32 Å². The fourth-order valence-corrected chi connectivity index (χ4v) is 2.65. The molecule has 0 atom stereocenters. The first-order valence-corrected chi connectivity index (χ1v) is 9.34. The van der Waals surface area contributed by atoms with E-state index in [-0.39, 0.29) is 12.5 Å². The van der Waals surface area contributed by atoms with Crippen LogP contribution in [0.5, 0.6) is 17.2 Å². The number of rotatable bonds is 7. The van der Waals surface area contributed by atoms with Gasteiger partial charge in [0.2, 0.25) is 5.75 Å². The molecule has 0 unspecified atom stereocenters. The van der Waals surface area contributed by atoms with Crippen molar-refractivity contribution in [2.24, 2.45) is 0 Å². The third-order valence-electron chi connectivity index (χ3n) is 3.97. The first-order valence-electron chi connectivity index (χ1n) is 9.34. The van der Waals surface area contributed by atoms with E-state index < -0.39 is 11.7 Å². The largest absolute Gasteiger partial charge is 0.493 e. The molecule has 8 heteroatoms. The Morgan fingerprint density at radius 3 is 1.93 bits per heavy atom. The molecule has 30 heavy (non-hydrogen) atoms. The molecule has 0 aliphatic heterocycles. The van der Waals surface area contributed by atoms with E-state index in [1.807, 2.05) is 0 Å². The van der Waals surface area contributed by atoms with E-state index in [0.29, 0.717) is 28.5 Å². The number of nitrogens with one attached hydrogen (secondary N) is 2. The lowest BCUT2D eigenvalue weighted by Gasteiger charge is -2.19. The Balaban J connectivity index is 2.01. The van der Waals surface area contributed by atoms with Crippen LogP contribution in [0.2, 0.25) is 0 Å². The molecule has 0 aliphatic carbocycles. The summed E-state index contributed by atoms with van der Waals surface area (Å²) in [6.45, 7) is 5.63. The van der Waals surface area contributed by atoms with Crippen LogP contribution >= 0.6 is 0 Å². The van der Waals surface area contributed by atoms with Gasteiger partial charge in [0.15, 0.2) is 11.5 Å². The van der Waals surface area contributed by atoms with E-state index in [9.17, 15) is 9.59 Å². The normalized spacial score (nSPS) is 10.7. The quantitative estimate of drug-likeness (QED) is 0.709. The third-order valence-corrected chi connectivity index (χ3v) is 3.97. The minimum Gasteiger partial charge on any atom is -0.493 e. The number of amides is 2. The van der Waals surface area contributed by atoms with Gasteiger partial charge in [-0.2, -0.15) is 0 Å². The maximum absolute atomic E-state index is 12.5. The highest BCUT2D eigenvalue weighted by atomic mass is 16.6. The van der Waals surface area contributed by atoms with Crippen LogP contribution < -0.4 is 24.8 Å². The molecule has 162 valence electrons. The van der Waals surface area contributed by atoms with Gasteiger partial charge in [-0.3, -0.25) is 10.1 Å². The summed E-state index contributed by atoms with van der Waals surface area (Å²) in [5.74, 6) is 1.26. The summed E-state index contributed by atoms with van der Waals surface area (Å²) in [5.41, 5.74) is 1.19. The van der Waals surface area contributed by atoms with Gasteiger partial charge < -0.3 is 24.3 Å². The monoisotopic (exact) mass is 416 g/mol. The van der Waals surface area contributed by atoms with Crippen molar-refractivity contribution in [1.29, 1.82) is 0 Å². The molecular formula is C22H28N2O6. The summed E-state index contributed by atoms with van der Waals surface area (Å²) in [4.78, 5) is 24.3. The third kappa shape index (κ3) is 6.30. The maximum Gasteiger partial charge on any atom is 0.412 e. The predicted molar refractivity (Wildman–Crippen MR) is 114 cm³/mol. The maximum atomic E-state index is 12.5. The van der Waals surface area contributed by atoms with Gasteiger partial charge in [0.25, 0.3) is 5.91 Å². The van der Waals surface area contributed by atoms with Crippen LogP contribution in [-0.2, 0) is 11.3 Å². The average molecular weight is 416 g/mol. The van der Waals surface area contributed by atoms with Crippen LogP contribution in [0.3, 0.4) is 0 Å². The smallest absolute Gasteiger partial charge is 0.412 e. The van der Waals surface area contributed by atoms with Gasteiger partial charge >= 0.3 is 6.09 Å². The summed E-state index contributed by atoms with van der Waals surface area (Å²) < 4.78 is 21.1. The van der Waals surface area contributed by atoms with E-state index in [0.717, 1.165) is 5.56 Å². The number of anilines is 1. The van der Waals surface area contributed by atoms with Crippen LogP contribution in [0.15, 0.2) is 36.4 Å². The molecule has 0 bridgehead atoms. The first kappa shape index (κ1) is 22.9. The molecule has 2 N–H and O–H groups in total. The Morgan fingerprint density at radius 1 is 0.900 bits per heavy atom. The molecule has 2 aromatic carbocycles. The molecule has 0 saturated heterocycles. The van der Waals surface area contributed by atoms with Crippen LogP contribution in [0.25, 0.3) is 0 Å². The van der Waals surface area contributed by atoms with Crippen LogP contribution in [0.1, 0.15) is 36.7 Å². The van der Waals surface area contributed by atoms with E-state index in [2.05, 4.69) is 10.6 Å². The zero-order valence-electron chi connectivity index (χ0n) is 18.1. The Kier molecular flexibility index (Phi) is 7.52. The second kappa shape index (κ2) is 9.87. The van der Waals surface area contributed by atoms with Crippen molar-refractivity contribution < 1.29 is 28.5 Å². The summed E-state index contributed by atoms with van der Waals surface area (Å²) in [7, 11) is 4.60. The minimum atomic E-state index is -0.587. The topological polar surface area (TPSA) is 95.1 Å². The lowest BCUT2D eigenvalue weighted by molar-refractivity contribution is 0.0635. The molecule has 2 amide bonds. The van der Waals surface area contributed by atoms with Crippen LogP contribution in [0.4, 0.5) is 10.5 Å². The standard InChI is InChI=1S/C22H28N2O6/c1-22(2,3)30-21(26)24-16-9-7-15(8-10-16)20(25)23-13-14-11-17(27-4)19(29-6)18(12-14)28-5/h7-12H,13H2,1-6H3,(H,23,25)(H,24,26). The molecule has 0 spiro atoms. The summed E-state index contributed by atoms with van der Waals surface area (Å²) >= 11 is 0. The number of hydrogen-bond acceptors (Lipinski definition) is 6. The first-order chi connectivity index (χ1) is 14.2. The highest BCUT2D eigenvalue weighted by molar-refractivity contribution is 5.95. The van der Waals surface area contributed by atoms with Gasteiger partial charge in [-0.05, 0) is 62.7 Å². The fraction of sp³-hybridized carbons (Fsp3) is 0.364. The highest BCUT2D eigenvalue weighted by Crippen LogP contribution is 2.38. The summed E-state index contributed by atoms with van der Waals surface area (Å²) in [5, 5.41) is 5.47. The van der Waals surface area contributed by atoms with Gasteiger partial charge in [0, 0.05) is 17.8 Å². The van der Waals surface area contributed by atoms with Crippen molar-refractivity contribution in [3.8, 4) is 17.2 Å². The minimum absolute atomic E-state index is 0.257. The molecule has 2 rings (SSSR count). The lowest BCUT2D eigenvalue weighted by atomic mass is 10.1. The van der Waals surface area contributed by atoms with Crippen molar-refractivity contribution in [2.45, 2.75) is 32.9 Å². The van der Waals surface area contributed by atoms with Gasteiger partial charge in [-0.1, -0.05) is 0 Å². The van der Waals surface area contributed by atoms with E-state index in [1.165, 1.54) is 21.3 Å². The van der Waals surface area contributed by atoms with Gasteiger partial charge in [-0.15, -0.1) is 0 Å². The second-order valence-corrected chi connectivity index (χ2v) is 7.42. The second-order valence-electron chi connectivity index (χ2n) is 7.42. The van der Waals surface area contributed by atoms with Crippen molar-refractivity contribution in [2.75, 3.05) is 26.6 Å². The number of methoxy groups -OCH3 is 3. The number of ether oxygens (including phenoxy) is 4. The van der Waals surface area contributed by atoms with Crippen LogP contribution in [0, 0.1) is 0 Å². The Labute approximate surface area is 176 Å². The molecule has 8 nitrogen and oxygen atoms in total. The molecule has 2 aromatic rings. The van der Waals surface area contributed by atoms with E-state index >= 15 is 0 Å². The van der Waals surface area contributed by atoms with Crippen molar-refractivity contribution in [3.63, 3.8) is 0 Å². The number of carbonyl (C=O) groups excluding carboxylic acids is 2. The van der Waals surface area contributed by atoms with E-state index in [4.69, 9.17) is 18.9 Å². The molecule has 0 fully saturated rings. The highest BCUT2D eigenvalue weighted by Gasteiger charge is 2.17. The SMILES string of the molecule is COc1cc(CNC(=O)c2ccc(NC(=O)OC(C)(C)C)cc2)cc(OC)c1OC. The Morgan fingerprint density at radius 2 is 1.47 bits per heavy atom. The summed E-state index contributed by atoms with van der Waals surface area (Å²) in [6.07, 6.45) is -0.554. The number of hydrogen-bond donors (Lipinski definition) is 2. The molecule has 0 radical (unpaired) electrons. The van der Waals surface area contributed by atoms with Gasteiger partial charge in [0.05, 0.1) is 21.3 Å². The molecule has 0 aromatic heterocycles. The molecule has 0 saturated carbocycles. The Bertz CT molecular complexity index is 862. The zero-order valence-corrected chi connectivity index (χ0v) is 18.1. The van der Waals surface area contributed by atoms with Gasteiger partial charge in [0.1, 0.15) is 5.60 Å². The molecule has 0 heterocycles. The zero-order chi connectivity index (χ0) is 22.3. The number of benzene rings is 2. The average Bonchev–Trinajstić information content (AvgIpc) is 2.70. The Hall–Kier alpha value is -3.42. The van der Waals surface area contributed by atoms with E-state index in [1.54, 1.807) is 57.2 Å². The van der Waals surface area contributed by atoms with Crippen molar-refractivity contribution >= 4 is 17.7 Å². The lowest BCUT2D eigenvalue weighted by Crippen LogP contribution is -2.27.